The monoisotopic (exact) mass is 401 g/mol. The zero-order valence-corrected chi connectivity index (χ0v) is 15.3. The normalized spacial score (nSPS) is 21.6. The Labute approximate surface area is 164 Å². The van der Waals surface area contributed by atoms with Crippen molar-refractivity contribution in [2.45, 2.75) is 19.5 Å². The topological polar surface area (TPSA) is 79.4 Å². The zero-order chi connectivity index (χ0) is 20.0. The lowest BCUT2D eigenvalue weighted by atomic mass is 10.2. The average Bonchev–Trinajstić information content (AvgIpc) is 3.26. The van der Waals surface area contributed by atoms with Crippen LogP contribution >= 0.6 is 0 Å². The Morgan fingerprint density at radius 1 is 1.28 bits per heavy atom. The highest BCUT2D eigenvalue weighted by atomic mass is 19.3. The highest BCUT2D eigenvalue weighted by molar-refractivity contribution is 5.85. The van der Waals surface area contributed by atoms with Crippen molar-refractivity contribution in [1.29, 1.82) is 0 Å². The number of hydrogen-bond donors (Lipinski definition) is 3. The van der Waals surface area contributed by atoms with Gasteiger partial charge >= 0.3 is 12.6 Å². The number of rotatable bonds is 5. The second kappa shape index (κ2) is 6.52. The van der Waals surface area contributed by atoms with Crippen molar-refractivity contribution < 1.29 is 23.1 Å². The third-order valence-corrected chi connectivity index (χ3v) is 4.70. The van der Waals surface area contributed by atoms with Crippen LogP contribution in [0.4, 0.5) is 25.8 Å². The number of ether oxygens (including phenoxy) is 2. The number of nitrogens with zero attached hydrogens (tertiary/aromatic N) is 2. The lowest BCUT2D eigenvalue weighted by molar-refractivity contribution is -0.0498. The van der Waals surface area contributed by atoms with Gasteiger partial charge < -0.3 is 20.1 Å². The van der Waals surface area contributed by atoms with Crippen LogP contribution in [0, 0.1) is 0 Å². The third kappa shape index (κ3) is 2.97. The summed E-state index contributed by atoms with van der Waals surface area (Å²) in [6, 6.07) is 11.9. The summed E-state index contributed by atoms with van der Waals surface area (Å²) >= 11 is 0. The number of allylic oxidation sites excluding steroid dienone is 1. The lowest BCUT2D eigenvalue weighted by Crippen LogP contribution is -2.51. The third-order valence-electron chi connectivity index (χ3n) is 4.70. The second-order valence-corrected chi connectivity index (χ2v) is 6.61. The predicted molar refractivity (Wildman–Crippen MR) is 103 cm³/mol. The van der Waals surface area contributed by atoms with E-state index in [1.54, 1.807) is 18.3 Å². The molecule has 2 aromatic rings. The first-order valence-electron chi connectivity index (χ1n) is 8.88. The van der Waals surface area contributed by atoms with E-state index >= 15 is 0 Å². The van der Waals surface area contributed by atoms with E-state index in [1.165, 1.54) is 12.1 Å². The van der Waals surface area contributed by atoms with Gasteiger partial charge in [-0.3, -0.25) is 4.90 Å². The molecule has 1 atom stereocenters. The molecular formula is C19H17F2N5O3. The molecule has 0 aliphatic carbocycles. The Hall–Kier alpha value is -3.53. The minimum Gasteiger partial charge on any atom is -0.471 e. The van der Waals surface area contributed by atoms with Crippen LogP contribution in [0.2, 0.25) is 0 Å². The summed E-state index contributed by atoms with van der Waals surface area (Å²) in [7, 11) is 0. The molecule has 0 spiro atoms. The van der Waals surface area contributed by atoms with Crippen LogP contribution in [-0.2, 0) is 4.84 Å². The second-order valence-electron chi connectivity index (χ2n) is 6.61. The molecule has 5 rings (SSSR count). The molecule has 3 aliphatic heterocycles. The Kier molecular flexibility index (Phi) is 3.95. The summed E-state index contributed by atoms with van der Waals surface area (Å²) in [5.41, 5.74) is 5.93. The Balaban J connectivity index is 1.52. The summed E-state index contributed by atoms with van der Waals surface area (Å²) in [6.45, 7) is -0.591. The fourth-order valence-electron chi connectivity index (χ4n) is 3.42. The molecule has 150 valence electrons. The van der Waals surface area contributed by atoms with E-state index in [4.69, 9.17) is 9.57 Å². The molecule has 2 bridgehead atoms. The maximum absolute atomic E-state index is 12.6. The molecular weight excluding hydrogens is 384 g/mol. The molecule has 1 unspecified atom stereocenters. The zero-order valence-electron chi connectivity index (χ0n) is 15.3. The fourth-order valence-corrected chi connectivity index (χ4v) is 3.42. The first kappa shape index (κ1) is 17.6. The highest BCUT2D eigenvalue weighted by Crippen LogP contribution is 2.42. The van der Waals surface area contributed by atoms with Crippen LogP contribution < -0.4 is 30.5 Å². The summed E-state index contributed by atoms with van der Waals surface area (Å²) in [5.74, 6) is 0.169. The molecule has 1 saturated heterocycles. The van der Waals surface area contributed by atoms with Gasteiger partial charge in [-0.25, -0.2) is 15.3 Å². The molecule has 8 nitrogen and oxygen atoms in total. The average molecular weight is 401 g/mol. The molecule has 3 N–H and O–H groups in total. The van der Waals surface area contributed by atoms with Crippen molar-refractivity contribution in [3.05, 3.63) is 53.9 Å². The van der Waals surface area contributed by atoms with Gasteiger partial charge in [-0.05, 0) is 37.3 Å². The number of benzene rings is 2. The van der Waals surface area contributed by atoms with E-state index in [-0.39, 0.29) is 5.75 Å². The molecule has 29 heavy (non-hydrogen) atoms. The summed E-state index contributed by atoms with van der Waals surface area (Å²) in [5, 5.41) is 6.32. The molecule has 0 radical (unpaired) electrons. The number of hydroxylamine groups is 1. The molecule has 0 aromatic heterocycles. The maximum Gasteiger partial charge on any atom is 0.387 e. The molecule has 0 saturated carbocycles. The van der Waals surface area contributed by atoms with Gasteiger partial charge in [-0.2, -0.15) is 8.78 Å². The van der Waals surface area contributed by atoms with Gasteiger partial charge in [0.15, 0.2) is 6.73 Å². The van der Waals surface area contributed by atoms with Crippen LogP contribution in [0.15, 0.2) is 58.9 Å². The summed E-state index contributed by atoms with van der Waals surface area (Å²) in [6.07, 6.45) is 1.69. The highest BCUT2D eigenvalue weighted by Gasteiger charge is 2.49. The minimum atomic E-state index is -2.91. The smallest absolute Gasteiger partial charge is 0.387 e. The van der Waals surface area contributed by atoms with E-state index in [0.29, 0.717) is 18.2 Å². The van der Waals surface area contributed by atoms with Gasteiger partial charge in [0.2, 0.25) is 0 Å². The van der Waals surface area contributed by atoms with Crippen molar-refractivity contribution >= 4 is 23.3 Å². The predicted octanol–water partition coefficient (Wildman–Crippen LogP) is 3.43. The molecule has 1 fully saturated rings. The standard InChI is InChI=1S/C19H17F2N5O3/c1-11-9-23-19(24-12-3-2-4-14(7-12)28-18(20)21)26(17(11)25-29-19)13-5-6-16-15(8-13)22-10-27-16/h2-9,18,22,24-25H,10H2,1H3. The fraction of sp³-hybridized carbons (Fsp3) is 0.211. The Morgan fingerprint density at radius 2 is 2.17 bits per heavy atom. The maximum atomic E-state index is 12.6. The van der Waals surface area contributed by atoms with Crippen LogP contribution in [-0.4, -0.2) is 25.5 Å². The molecule has 3 heterocycles. The number of hydrogen-bond acceptors (Lipinski definition) is 8. The van der Waals surface area contributed by atoms with Crippen LogP contribution in [0.1, 0.15) is 6.92 Å². The largest absolute Gasteiger partial charge is 0.471 e. The summed E-state index contributed by atoms with van der Waals surface area (Å²) < 4.78 is 35.1. The van der Waals surface area contributed by atoms with Crippen LogP contribution in [0.5, 0.6) is 11.5 Å². The van der Waals surface area contributed by atoms with Crippen molar-refractivity contribution in [2.75, 3.05) is 22.3 Å². The number of nitrogens with one attached hydrogen (secondary N) is 3. The quantitative estimate of drug-likeness (QED) is 0.708. The van der Waals surface area contributed by atoms with Crippen molar-refractivity contribution in [3.8, 4) is 11.5 Å². The van der Waals surface area contributed by atoms with E-state index in [2.05, 4.69) is 25.8 Å². The molecule has 3 aliphatic rings. The van der Waals surface area contributed by atoms with Crippen molar-refractivity contribution in [1.82, 2.24) is 5.48 Å². The van der Waals surface area contributed by atoms with Gasteiger partial charge in [-0.1, -0.05) is 6.07 Å². The SMILES string of the molecule is CC1=C2NOC(Nc3cccc(OC(F)F)c3)(N=C1)N2c1ccc2c(c1)NCO2. The molecule has 0 amide bonds. The molecule has 2 aromatic carbocycles. The van der Waals surface area contributed by atoms with Crippen LogP contribution in [0.3, 0.4) is 0 Å². The van der Waals surface area contributed by atoms with E-state index in [1.807, 2.05) is 30.0 Å². The molecule has 10 heteroatoms. The first-order chi connectivity index (χ1) is 14.0. The number of aliphatic imine (C=N–C) groups is 1. The van der Waals surface area contributed by atoms with Gasteiger partial charge in [0.05, 0.1) is 11.4 Å². The van der Waals surface area contributed by atoms with E-state index < -0.39 is 12.6 Å². The Bertz CT molecular complexity index is 1030. The number of anilines is 3. The van der Waals surface area contributed by atoms with Gasteiger partial charge in [0.25, 0.3) is 0 Å². The van der Waals surface area contributed by atoms with Gasteiger partial charge in [-0.15, -0.1) is 0 Å². The van der Waals surface area contributed by atoms with Crippen LogP contribution in [0.25, 0.3) is 0 Å². The number of alkyl halides is 2. The van der Waals surface area contributed by atoms with Gasteiger partial charge in [0, 0.05) is 23.5 Å². The van der Waals surface area contributed by atoms with Crippen molar-refractivity contribution in [3.63, 3.8) is 0 Å². The Morgan fingerprint density at radius 3 is 3.03 bits per heavy atom. The summed E-state index contributed by atoms with van der Waals surface area (Å²) in [4.78, 5) is 12.2. The van der Waals surface area contributed by atoms with Gasteiger partial charge in [0.1, 0.15) is 17.3 Å². The number of halogens is 2. The van der Waals surface area contributed by atoms with Crippen molar-refractivity contribution in [2.24, 2.45) is 4.99 Å². The first-order valence-corrected chi connectivity index (χ1v) is 8.88. The number of fused-ring (bicyclic) bond motifs is 3. The lowest BCUT2D eigenvalue weighted by Gasteiger charge is -2.36. The minimum absolute atomic E-state index is 0.0320. The van der Waals surface area contributed by atoms with E-state index in [0.717, 1.165) is 22.7 Å². The van der Waals surface area contributed by atoms with E-state index in [9.17, 15) is 8.78 Å².